The van der Waals surface area contributed by atoms with E-state index in [2.05, 4.69) is 15.1 Å². The first-order valence-corrected chi connectivity index (χ1v) is 9.37. The molecule has 0 fully saturated rings. The number of nitrogens with zero attached hydrogens (tertiary/aromatic N) is 5. The summed E-state index contributed by atoms with van der Waals surface area (Å²) in [6.45, 7) is 5.93. The Morgan fingerprint density at radius 3 is 2.55 bits per heavy atom. The second-order valence-electron chi connectivity index (χ2n) is 7.17. The van der Waals surface area contributed by atoms with E-state index in [9.17, 15) is 9.18 Å². The molecule has 0 radical (unpaired) electrons. The second kappa shape index (κ2) is 8.48. The van der Waals surface area contributed by atoms with Crippen LogP contribution in [0.1, 0.15) is 41.4 Å². The van der Waals surface area contributed by atoms with Gasteiger partial charge in [-0.15, -0.1) is 0 Å². The van der Waals surface area contributed by atoms with E-state index in [0.29, 0.717) is 22.9 Å². The maximum atomic E-state index is 13.3. The molecule has 0 saturated carbocycles. The Morgan fingerprint density at radius 2 is 1.93 bits per heavy atom. The first-order valence-electron chi connectivity index (χ1n) is 9.37. The van der Waals surface area contributed by atoms with Gasteiger partial charge in [-0.05, 0) is 42.7 Å². The van der Waals surface area contributed by atoms with Crippen LogP contribution in [0, 0.1) is 12.7 Å². The van der Waals surface area contributed by atoms with E-state index in [-0.39, 0.29) is 30.8 Å². The highest BCUT2D eigenvalue weighted by molar-refractivity contribution is 5.95. The molecule has 1 amide bonds. The fraction of sp³-hybridized carbons (Fsp3) is 0.333. The summed E-state index contributed by atoms with van der Waals surface area (Å²) in [5, 5.41) is 13.5. The average molecular weight is 397 g/mol. The smallest absolute Gasteiger partial charge is 0.257 e. The number of hydrogen-bond acceptors (Lipinski definition) is 5. The molecule has 1 N–H and O–H groups in total. The van der Waals surface area contributed by atoms with Gasteiger partial charge in [0.05, 0.1) is 29.8 Å². The van der Waals surface area contributed by atoms with Crippen molar-refractivity contribution in [3.63, 3.8) is 0 Å². The lowest BCUT2D eigenvalue weighted by Crippen LogP contribution is -2.30. The molecule has 3 aromatic rings. The highest BCUT2D eigenvalue weighted by Crippen LogP contribution is 2.25. The fourth-order valence-corrected chi connectivity index (χ4v) is 3.13. The zero-order chi connectivity index (χ0) is 21.1. The number of carbonyl (C=O) groups excluding carboxylic acids is 1. The van der Waals surface area contributed by atoms with Crippen molar-refractivity contribution in [3.05, 3.63) is 59.3 Å². The predicted molar refractivity (Wildman–Crippen MR) is 107 cm³/mol. The highest BCUT2D eigenvalue weighted by atomic mass is 19.1. The molecule has 2 heterocycles. The van der Waals surface area contributed by atoms with Crippen LogP contribution in [0.5, 0.6) is 0 Å². The Labute approximate surface area is 168 Å². The summed E-state index contributed by atoms with van der Waals surface area (Å²) in [6.07, 6.45) is 3.19. The van der Waals surface area contributed by atoms with E-state index < -0.39 is 0 Å². The highest BCUT2D eigenvalue weighted by Gasteiger charge is 2.24. The standard InChI is InChI=1S/C21H24FN5O2/c1-13(2)19-17(20(29)26(4)9-10-28)12-24-27(19)21-23-11-14(3)18(25-21)15-5-7-16(22)8-6-15/h5-8,11-13,28H,9-10H2,1-4H3. The minimum Gasteiger partial charge on any atom is -0.395 e. The third kappa shape index (κ3) is 4.17. The van der Waals surface area contributed by atoms with Gasteiger partial charge in [0, 0.05) is 25.4 Å². The van der Waals surface area contributed by atoms with Crippen molar-refractivity contribution in [1.29, 1.82) is 0 Å². The summed E-state index contributed by atoms with van der Waals surface area (Å²) in [7, 11) is 1.63. The minimum atomic E-state index is -0.315. The molecule has 29 heavy (non-hydrogen) atoms. The van der Waals surface area contributed by atoms with Crippen molar-refractivity contribution < 1.29 is 14.3 Å². The number of likely N-dealkylation sites (N-methyl/N-ethyl adjacent to an activating group) is 1. The quantitative estimate of drug-likeness (QED) is 0.691. The number of aromatic nitrogens is 4. The van der Waals surface area contributed by atoms with Crippen LogP contribution in [0.4, 0.5) is 4.39 Å². The number of aliphatic hydroxyl groups excluding tert-OH is 1. The van der Waals surface area contributed by atoms with Gasteiger partial charge in [0.2, 0.25) is 0 Å². The molecule has 3 rings (SSSR count). The van der Waals surface area contributed by atoms with Crippen LogP contribution in [0.25, 0.3) is 17.2 Å². The molecule has 0 unspecified atom stereocenters. The molecule has 0 bridgehead atoms. The summed E-state index contributed by atoms with van der Waals surface area (Å²) in [5.41, 5.74) is 3.42. The molecule has 0 aliphatic rings. The van der Waals surface area contributed by atoms with Gasteiger partial charge in [-0.1, -0.05) is 13.8 Å². The zero-order valence-electron chi connectivity index (χ0n) is 16.9. The number of benzene rings is 1. The lowest BCUT2D eigenvalue weighted by atomic mass is 10.0. The fourth-order valence-electron chi connectivity index (χ4n) is 3.13. The molecule has 0 atom stereocenters. The number of halogens is 1. The summed E-state index contributed by atoms with van der Waals surface area (Å²) < 4.78 is 14.9. The Balaban J connectivity index is 2.08. The van der Waals surface area contributed by atoms with Gasteiger partial charge < -0.3 is 10.0 Å². The zero-order valence-corrected chi connectivity index (χ0v) is 16.9. The molecule has 2 aromatic heterocycles. The molecule has 7 nitrogen and oxygen atoms in total. The van der Waals surface area contributed by atoms with Crippen LogP contribution in [0.3, 0.4) is 0 Å². The Morgan fingerprint density at radius 1 is 1.24 bits per heavy atom. The topological polar surface area (TPSA) is 84.1 Å². The third-order valence-corrected chi connectivity index (χ3v) is 4.63. The summed E-state index contributed by atoms with van der Waals surface area (Å²) in [6, 6.07) is 6.11. The molecule has 0 aliphatic carbocycles. The van der Waals surface area contributed by atoms with E-state index in [4.69, 9.17) is 5.11 Å². The number of rotatable bonds is 6. The lowest BCUT2D eigenvalue weighted by Gasteiger charge is -2.17. The molecule has 8 heteroatoms. The van der Waals surface area contributed by atoms with Crippen LogP contribution in [-0.2, 0) is 0 Å². The van der Waals surface area contributed by atoms with Crippen LogP contribution >= 0.6 is 0 Å². The van der Waals surface area contributed by atoms with Crippen LogP contribution in [-0.4, -0.2) is 55.9 Å². The molecule has 0 spiro atoms. The molecule has 0 aliphatic heterocycles. The maximum Gasteiger partial charge on any atom is 0.257 e. The van der Waals surface area contributed by atoms with Crippen molar-refractivity contribution in [2.45, 2.75) is 26.7 Å². The maximum absolute atomic E-state index is 13.3. The second-order valence-corrected chi connectivity index (χ2v) is 7.17. The van der Waals surface area contributed by atoms with Gasteiger partial charge in [-0.3, -0.25) is 4.79 Å². The van der Waals surface area contributed by atoms with Crippen molar-refractivity contribution in [1.82, 2.24) is 24.6 Å². The molecule has 1 aromatic carbocycles. The van der Waals surface area contributed by atoms with Gasteiger partial charge >= 0.3 is 0 Å². The largest absolute Gasteiger partial charge is 0.395 e. The van der Waals surface area contributed by atoms with E-state index in [1.54, 1.807) is 30.1 Å². The van der Waals surface area contributed by atoms with Gasteiger partial charge in [-0.25, -0.2) is 19.0 Å². The number of amides is 1. The van der Waals surface area contributed by atoms with Crippen molar-refractivity contribution in [3.8, 4) is 17.2 Å². The van der Waals surface area contributed by atoms with Gasteiger partial charge in [-0.2, -0.15) is 5.10 Å². The average Bonchev–Trinajstić information content (AvgIpc) is 3.14. The van der Waals surface area contributed by atoms with E-state index in [1.807, 2.05) is 20.8 Å². The summed E-state index contributed by atoms with van der Waals surface area (Å²) in [4.78, 5) is 23.3. The third-order valence-electron chi connectivity index (χ3n) is 4.63. The molecule has 152 valence electrons. The first-order chi connectivity index (χ1) is 13.8. The molecule has 0 saturated heterocycles. The van der Waals surface area contributed by atoms with Crippen molar-refractivity contribution in [2.75, 3.05) is 20.2 Å². The van der Waals surface area contributed by atoms with Crippen LogP contribution in [0.2, 0.25) is 0 Å². The summed E-state index contributed by atoms with van der Waals surface area (Å²) in [5.74, 6) is -0.217. The lowest BCUT2D eigenvalue weighted by molar-refractivity contribution is 0.0765. The van der Waals surface area contributed by atoms with E-state index >= 15 is 0 Å². The number of carbonyl (C=O) groups is 1. The normalized spacial score (nSPS) is 11.1. The van der Waals surface area contributed by atoms with Crippen LogP contribution < -0.4 is 0 Å². The first kappa shape index (κ1) is 20.6. The van der Waals surface area contributed by atoms with Crippen molar-refractivity contribution in [2.24, 2.45) is 0 Å². The van der Waals surface area contributed by atoms with Gasteiger partial charge in [0.15, 0.2) is 0 Å². The molecular weight excluding hydrogens is 373 g/mol. The molecular formula is C21H24FN5O2. The van der Waals surface area contributed by atoms with Gasteiger partial charge in [0.25, 0.3) is 11.9 Å². The number of aryl methyl sites for hydroxylation is 1. The summed E-state index contributed by atoms with van der Waals surface area (Å²) >= 11 is 0. The Bertz CT molecular complexity index is 1010. The Hall–Kier alpha value is -3.13. The number of hydrogen-bond donors (Lipinski definition) is 1. The minimum absolute atomic E-state index is 0.0156. The monoisotopic (exact) mass is 397 g/mol. The number of aliphatic hydroxyl groups is 1. The Kier molecular flexibility index (Phi) is 6.03. The van der Waals surface area contributed by atoms with Crippen LogP contribution in [0.15, 0.2) is 36.7 Å². The van der Waals surface area contributed by atoms with Gasteiger partial charge in [0.1, 0.15) is 5.82 Å². The van der Waals surface area contributed by atoms with E-state index in [0.717, 1.165) is 11.1 Å². The SMILES string of the molecule is Cc1cnc(-n2ncc(C(=O)N(C)CCO)c2C(C)C)nc1-c1ccc(F)cc1. The van der Waals surface area contributed by atoms with Crippen molar-refractivity contribution >= 4 is 5.91 Å². The van der Waals surface area contributed by atoms with E-state index in [1.165, 1.54) is 23.2 Å². The predicted octanol–water partition coefficient (Wildman–Crippen LogP) is 2.96.